The second kappa shape index (κ2) is 7.82. The van der Waals surface area contributed by atoms with E-state index in [0.29, 0.717) is 5.75 Å². The third kappa shape index (κ3) is 7.00. The number of carbonyl (C=O) groups excluding carboxylic acids is 1. The molecule has 1 aromatic rings. The summed E-state index contributed by atoms with van der Waals surface area (Å²) in [6.45, 7) is 3.18. The van der Waals surface area contributed by atoms with Gasteiger partial charge in [0.1, 0.15) is 18.0 Å². The fourth-order valence-corrected chi connectivity index (χ4v) is 2.77. The minimum Gasteiger partial charge on any atom is -0.491 e. The summed E-state index contributed by atoms with van der Waals surface area (Å²) in [5.41, 5.74) is 0.287. The zero-order valence-corrected chi connectivity index (χ0v) is 14.0. The van der Waals surface area contributed by atoms with Gasteiger partial charge in [-0.25, -0.2) is 8.42 Å². The van der Waals surface area contributed by atoms with Gasteiger partial charge in [0.25, 0.3) is 0 Å². The van der Waals surface area contributed by atoms with Gasteiger partial charge in [0.15, 0.2) is 0 Å². The van der Waals surface area contributed by atoms with Crippen LogP contribution in [0.15, 0.2) is 24.3 Å². The lowest BCUT2D eigenvalue weighted by Crippen LogP contribution is -2.37. The summed E-state index contributed by atoms with van der Waals surface area (Å²) in [6.07, 6.45) is -0.0000595. The van der Waals surface area contributed by atoms with Crippen LogP contribution in [0.3, 0.4) is 0 Å². The molecule has 8 nitrogen and oxygen atoms in total. The van der Waals surface area contributed by atoms with Gasteiger partial charge in [0.05, 0.1) is 6.10 Å². The van der Waals surface area contributed by atoms with Gasteiger partial charge < -0.3 is 14.7 Å². The third-order valence-corrected chi connectivity index (χ3v) is 3.78. The molecule has 0 bridgehead atoms. The first kappa shape index (κ1) is 18.8. The summed E-state index contributed by atoms with van der Waals surface area (Å²) in [5, 5.41) is 8.58. The Balaban J connectivity index is 2.67. The van der Waals surface area contributed by atoms with Crippen molar-refractivity contribution in [2.45, 2.75) is 20.0 Å². The standard InChI is InChI=1S/C14H20N2O6S/c1-10(2)22-12-6-4-11(5-7-12)15-23(20,21)9-13(17)16(3)8-14(18)19/h4-7,10,15H,8-9H2,1-3H3,(H,18,19). The first-order valence-electron chi connectivity index (χ1n) is 6.82. The number of aliphatic carboxylic acids is 1. The molecule has 0 atom stereocenters. The van der Waals surface area contributed by atoms with Crippen molar-refractivity contribution < 1.29 is 27.9 Å². The van der Waals surface area contributed by atoms with Gasteiger partial charge in [-0.3, -0.25) is 14.3 Å². The molecule has 0 radical (unpaired) electrons. The third-order valence-electron chi connectivity index (χ3n) is 2.61. The zero-order valence-electron chi connectivity index (χ0n) is 13.1. The molecular formula is C14H20N2O6S. The number of hydrogen-bond donors (Lipinski definition) is 2. The molecule has 0 saturated carbocycles. The zero-order chi connectivity index (χ0) is 17.6. The van der Waals surface area contributed by atoms with Crippen LogP contribution < -0.4 is 9.46 Å². The summed E-state index contributed by atoms with van der Waals surface area (Å²) >= 11 is 0. The number of carboxylic acid groups (broad SMARTS) is 1. The first-order chi connectivity index (χ1) is 10.6. The Morgan fingerprint density at radius 1 is 1.26 bits per heavy atom. The van der Waals surface area contributed by atoms with Crippen LogP contribution in [0.5, 0.6) is 5.75 Å². The predicted molar refractivity (Wildman–Crippen MR) is 84.9 cm³/mol. The molecule has 1 aromatic carbocycles. The van der Waals surface area contributed by atoms with Crippen LogP contribution in [-0.2, 0) is 19.6 Å². The number of rotatable bonds is 8. The van der Waals surface area contributed by atoms with E-state index in [-0.39, 0.29) is 11.8 Å². The molecule has 1 rings (SSSR count). The van der Waals surface area contributed by atoms with E-state index < -0.39 is 34.2 Å². The predicted octanol–water partition coefficient (Wildman–Crippen LogP) is 0.758. The van der Waals surface area contributed by atoms with Crippen LogP contribution in [-0.4, -0.2) is 55.7 Å². The SMILES string of the molecule is CC(C)Oc1ccc(NS(=O)(=O)CC(=O)N(C)CC(=O)O)cc1. The van der Waals surface area contributed by atoms with Crippen molar-refractivity contribution in [3.63, 3.8) is 0 Å². The Morgan fingerprint density at radius 3 is 2.30 bits per heavy atom. The number of ether oxygens (including phenoxy) is 1. The lowest BCUT2D eigenvalue weighted by molar-refractivity contribution is -0.142. The average Bonchev–Trinajstić information content (AvgIpc) is 2.38. The molecule has 0 spiro atoms. The van der Waals surface area contributed by atoms with Gasteiger partial charge in [0, 0.05) is 12.7 Å². The summed E-state index contributed by atoms with van der Waals surface area (Å²) in [6, 6.07) is 6.24. The molecule has 2 N–H and O–H groups in total. The topological polar surface area (TPSA) is 113 Å². The summed E-state index contributed by atoms with van der Waals surface area (Å²) in [7, 11) is -2.70. The second-order valence-electron chi connectivity index (χ2n) is 5.20. The van der Waals surface area contributed by atoms with Crippen LogP contribution in [0.25, 0.3) is 0 Å². The van der Waals surface area contributed by atoms with Crippen LogP contribution in [0.1, 0.15) is 13.8 Å². The highest BCUT2D eigenvalue weighted by Gasteiger charge is 2.21. The maximum Gasteiger partial charge on any atom is 0.323 e. The number of anilines is 1. The normalized spacial score (nSPS) is 11.1. The van der Waals surface area contributed by atoms with E-state index in [0.717, 1.165) is 4.90 Å². The highest BCUT2D eigenvalue weighted by atomic mass is 32.2. The van der Waals surface area contributed by atoms with E-state index in [1.807, 2.05) is 13.8 Å². The molecule has 23 heavy (non-hydrogen) atoms. The van der Waals surface area contributed by atoms with Crippen molar-refractivity contribution >= 4 is 27.6 Å². The summed E-state index contributed by atoms with van der Waals surface area (Å²) < 4.78 is 31.6. The Bertz CT molecular complexity index is 654. The van der Waals surface area contributed by atoms with Gasteiger partial charge in [-0.1, -0.05) is 0 Å². The highest BCUT2D eigenvalue weighted by molar-refractivity contribution is 7.93. The Labute approximate surface area is 135 Å². The molecule has 0 aliphatic heterocycles. The maximum absolute atomic E-state index is 11.9. The van der Waals surface area contributed by atoms with Gasteiger partial charge in [-0.05, 0) is 38.1 Å². The van der Waals surface area contributed by atoms with Gasteiger partial charge in [0.2, 0.25) is 15.9 Å². The van der Waals surface area contributed by atoms with Crippen molar-refractivity contribution in [2.24, 2.45) is 0 Å². The van der Waals surface area contributed by atoms with E-state index in [1.54, 1.807) is 12.1 Å². The van der Waals surface area contributed by atoms with Crippen LogP contribution in [0, 0.1) is 0 Å². The average molecular weight is 344 g/mol. The minimum absolute atomic E-state index is 0.0000595. The van der Waals surface area contributed by atoms with E-state index in [4.69, 9.17) is 9.84 Å². The Kier molecular flexibility index (Phi) is 6.38. The summed E-state index contributed by atoms with van der Waals surface area (Å²) in [5.74, 6) is -2.26. The number of amides is 1. The van der Waals surface area contributed by atoms with Crippen molar-refractivity contribution in [3.8, 4) is 5.75 Å². The molecular weight excluding hydrogens is 324 g/mol. The Hall–Kier alpha value is -2.29. The van der Waals surface area contributed by atoms with Crippen molar-refractivity contribution in [1.29, 1.82) is 0 Å². The monoisotopic (exact) mass is 344 g/mol. The lowest BCUT2D eigenvalue weighted by Gasteiger charge is -2.15. The quantitative estimate of drug-likeness (QED) is 0.720. The molecule has 0 aliphatic rings. The molecule has 0 saturated heterocycles. The number of nitrogens with zero attached hydrogens (tertiary/aromatic N) is 1. The smallest absolute Gasteiger partial charge is 0.323 e. The van der Waals surface area contributed by atoms with Crippen molar-refractivity contribution in [3.05, 3.63) is 24.3 Å². The number of likely N-dealkylation sites (N-methyl/N-ethyl adjacent to an activating group) is 1. The van der Waals surface area contributed by atoms with Crippen molar-refractivity contribution in [2.75, 3.05) is 24.1 Å². The van der Waals surface area contributed by atoms with Crippen molar-refractivity contribution in [1.82, 2.24) is 4.90 Å². The van der Waals surface area contributed by atoms with E-state index >= 15 is 0 Å². The highest BCUT2D eigenvalue weighted by Crippen LogP contribution is 2.17. The molecule has 1 amide bonds. The molecule has 0 aromatic heterocycles. The van der Waals surface area contributed by atoms with Crippen LogP contribution >= 0.6 is 0 Å². The largest absolute Gasteiger partial charge is 0.491 e. The maximum atomic E-state index is 11.9. The molecule has 0 fully saturated rings. The van der Waals surface area contributed by atoms with E-state index in [9.17, 15) is 18.0 Å². The lowest BCUT2D eigenvalue weighted by atomic mass is 10.3. The number of benzene rings is 1. The molecule has 9 heteroatoms. The Morgan fingerprint density at radius 2 is 1.83 bits per heavy atom. The molecule has 0 aliphatic carbocycles. The van der Waals surface area contributed by atoms with E-state index in [2.05, 4.69) is 4.72 Å². The number of hydrogen-bond acceptors (Lipinski definition) is 5. The molecule has 128 valence electrons. The first-order valence-corrected chi connectivity index (χ1v) is 8.47. The number of nitrogens with one attached hydrogen (secondary N) is 1. The number of sulfonamides is 1. The van der Waals surface area contributed by atoms with Crippen LogP contribution in [0.2, 0.25) is 0 Å². The van der Waals surface area contributed by atoms with Gasteiger partial charge in [-0.15, -0.1) is 0 Å². The van der Waals surface area contributed by atoms with Gasteiger partial charge >= 0.3 is 5.97 Å². The van der Waals surface area contributed by atoms with Gasteiger partial charge in [-0.2, -0.15) is 0 Å². The fraction of sp³-hybridized carbons (Fsp3) is 0.429. The fourth-order valence-electron chi connectivity index (χ4n) is 1.65. The minimum atomic E-state index is -3.93. The number of carbonyl (C=O) groups is 2. The summed E-state index contributed by atoms with van der Waals surface area (Å²) in [4.78, 5) is 23.0. The molecule has 0 unspecified atom stereocenters. The van der Waals surface area contributed by atoms with Crippen LogP contribution in [0.4, 0.5) is 5.69 Å². The van der Waals surface area contributed by atoms with E-state index in [1.165, 1.54) is 19.2 Å². The number of carboxylic acids is 1. The molecule has 0 heterocycles. The second-order valence-corrected chi connectivity index (χ2v) is 6.92.